The molecule has 0 radical (unpaired) electrons. The van der Waals surface area contributed by atoms with Gasteiger partial charge in [0, 0.05) is 5.69 Å². The maximum absolute atomic E-state index is 12.9. The molecule has 0 aliphatic carbocycles. The van der Waals surface area contributed by atoms with Crippen molar-refractivity contribution in [1.29, 1.82) is 0 Å². The molecular formula is C19H17F4N5O2S. The van der Waals surface area contributed by atoms with Gasteiger partial charge < -0.3 is 15.9 Å². The Labute approximate surface area is 178 Å². The highest BCUT2D eigenvalue weighted by atomic mass is 32.2. The maximum Gasteiger partial charge on any atom is 0.416 e. The third kappa shape index (κ3) is 5.87. The number of nitrogens with two attached hydrogens (primary N) is 1. The molecule has 31 heavy (non-hydrogen) atoms. The average Bonchev–Trinajstić information content (AvgIpc) is 3.06. The van der Waals surface area contributed by atoms with Crippen LogP contribution in [0.25, 0.3) is 0 Å². The number of ether oxygens (including phenoxy) is 1. The summed E-state index contributed by atoms with van der Waals surface area (Å²) >= 11 is 0.977. The number of rotatable bonds is 7. The van der Waals surface area contributed by atoms with Crippen LogP contribution < -0.4 is 15.9 Å². The number of alkyl halides is 3. The predicted octanol–water partition coefficient (Wildman–Crippen LogP) is 3.85. The van der Waals surface area contributed by atoms with Gasteiger partial charge in [-0.25, -0.2) is 9.07 Å². The first-order chi connectivity index (χ1) is 14.6. The monoisotopic (exact) mass is 455 g/mol. The van der Waals surface area contributed by atoms with Crippen LogP contribution in [0.2, 0.25) is 0 Å². The number of hydrogen-bond donors (Lipinski definition) is 2. The summed E-state index contributed by atoms with van der Waals surface area (Å²) < 4.78 is 58.0. The Hall–Kier alpha value is -3.28. The summed E-state index contributed by atoms with van der Waals surface area (Å²) in [5.41, 5.74) is -0.840. The van der Waals surface area contributed by atoms with Gasteiger partial charge in [-0.2, -0.15) is 13.2 Å². The number of carbonyl (C=O) groups is 1. The van der Waals surface area contributed by atoms with Crippen molar-refractivity contribution < 1.29 is 27.1 Å². The van der Waals surface area contributed by atoms with E-state index in [0.717, 1.165) is 28.6 Å². The summed E-state index contributed by atoms with van der Waals surface area (Å²) in [6.07, 6.45) is -4.51. The van der Waals surface area contributed by atoms with Gasteiger partial charge in [0.1, 0.15) is 18.2 Å². The van der Waals surface area contributed by atoms with Gasteiger partial charge in [0.05, 0.1) is 10.8 Å². The van der Waals surface area contributed by atoms with Crippen molar-refractivity contribution in [2.45, 2.75) is 30.1 Å². The van der Waals surface area contributed by atoms with Crippen molar-refractivity contribution in [3.05, 3.63) is 65.7 Å². The first-order valence-electron chi connectivity index (χ1n) is 8.86. The molecular weight excluding hydrogens is 438 g/mol. The minimum Gasteiger partial charge on any atom is -0.486 e. The zero-order valence-corrected chi connectivity index (χ0v) is 16.9. The number of halogens is 4. The Bertz CT molecular complexity index is 1060. The molecule has 7 nitrogen and oxygen atoms in total. The van der Waals surface area contributed by atoms with Crippen molar-refractivity contribution in [3.63, 3.8) is 0 Å². The summed E-state index contributed by atoms with van der Waals surface area (Å²) in [5.74, 6) is 5.68. The third-order valence-corrected chi connectivity index (χ3v) is 5.08. The van der Waals surface area contributed by atoms with E-state index in [9.17, 15) is 22.4 Å². The summed E-state index contributed by atoms with van der Waals surface area (Å²) in [6, 6.07) is 9.72. The van der Waals surface area contributed by atoms with Crippen LogP contribution >= 0.6 is 11.8 Å². The lowest BCUT2D eigenvalue weighted by atomic mass is 10.2. The van der Waals surface area contributed by atoms with Crippen LogP contribution in [0.1, 0.15) is 18.3 Å². The molecule has 3 aromatic rings. The summed E-state index contributed by atoms with van der Waals surface area (Å²) in [7, 11) is 0. The van der Waals surface area contributed by atoms with Gasteiger partial charge in [-0.3, -0.25) is 4.79 Å². The molecule has 0 fully saturated rings. The summed E-state index contributed by atoms with van der Waals surface area (Å²) in [4.78, 5) is 12.4. The molecule has 1 amide bonds. The molecule has 3 N–H and O–H groups in total. The van der Waals surface area contributed by atoms with Crippen molar-refractivity contribution in [2.75, 3.05) is 11.2 Å². The standard InChI is InChI=1S/C19H17F4N5O2S/c1-11(17(29)25-14-4-2-3-12(9-14)19(21,22)23)31-18-27-26-16(28(18)24)10-30-15-7-5-13(20)6-8-15/h2-9,11H,10,24H2,1H3,(H,25,29). The molecule has 0 spiro atoms. The fourth-order valence-electron chi connectivity index (χ4n) is 2.39. The van der Waals surface area contributed by atoms with Gasteiger partial charge in [0.25, 0.3) is 0 Å². The number of nitrogens with zero attached hydrogens (tertiary/aromatic N) is 3. The first-order valence-corrected chi connectivity index (χ1v) is 9.74. The number of anilines is 1. The normalized spacial score (nSPS) is 12.4. The van der Waals surface area contributed by atoms with Crippen LogP contribution in [0, 0.1) is 5.82 Å². The Balaban J connectivity index is 1.59. The van der Waals surface area contributed by atoms with Gasteiger partial charge >= 0.3 is 6.18 Å². The second kappa shape index (κ2) is 9.25. The Morgan fingerprint density at radius 3 is 2.61 bits per heavy atom. The van der Waals surface area contributed by atoms with E-state index in [-0.39, 0.29) is 23.3 Å². The van der Waals surface area contributed by atoms with Gasteiger partial charge in [0.2, 0.25) is 11.1 Å². The van der Waals surface area contributed by atoms with E-state index in [1.807, 2.05) is 0 Å². The minimum absolute atomic E-state index is 0.0230. The first kappa shape index (κ1) is 22.4. The topological polar surface area (TPSA) is 95.1 Å². The SMILES string of the molecule is CC(Sc1nnc(COc2ccc(F)cc2)n1N)C(=O)Nc1cccc(C(F)(F)F)c1. The van der Waals surface area contributed by atoms with E-state index in [0.29, 0.717) is 5.75 Å². The van der Waals surface area contributed by atoms with Crippen LogP contribution in [-0.2, 0) is 17.6 Å². The molecule has 0 aliphatic rings. The zero-order valence-electron chi connectivity index (χ0n) is 16.1. The Morgan fingerprint density at radius 2 is 1.94 bits per heavy atom. The molecule has 164 valence electrons. The smallest absolute Gasteiger partial charge is 0.416 e. The Morgan fingerprint density at radius 1 is 1.23 bits per heavy atom. The van der Waals surface area contributed by atoms with Crippen molar-refractivity contribution >= 4 is 23.4 Å². The number of nitrogens with one attached hydrogen (secondary N) is 1. The quantitative estimate of drug-likeness (QED) is 0.319. The molecule has 0 saturated carbocycles. The van der Waals surface area contributed by atoms with E-state index >= 15 is 0 Å². The highest BCUT2D eigenvalue weighted by molar-refractivity contribution is 8.00. The zero-order chi connectivity index (χ0) is 22.6. The number of hydrogen-bond acceptors (Lipinski definition) is 6. The number of aromatic nitrogens is 3. The third-order valence-electron chi connectivity index (χ3n) is 4.03. The van der Waals surface area contributed by atoms with Crippen LogP contribution in [0.5, 0.6) is 5.75 Å². The van der Waals surface area contributed by atoms with E-state index in [1.54, 1.807) is 6.92 Å². The molecule has 1 unspecified atom stereocenters. The van der Waals surface area contributed by atoms with Crippen molar-refractivity contribution in [3.8, 4) is 5.75 Å². The van der Waals surface area contributed by atoms with Gasteiger partial charge in [-0.05, 0) is 49.4 Å². The molecule has 3 rings (SSSR count). The van der Waals surface area contributed by atoms with Gasteiger partial charge in [0.15, 0.2) is 5.82 Å². The number of amides is 1. The molecule has 0 aliphatic heterocycles. The number of thioether (sulfide) groups is 1. The van der Waals surface area contributed by atoms with Crippen LogP contribution in [-0.4, -0.2) is 26.0 Å². The minimum atomic E-state index is -4.51. The number of nitrogen functional groups attached to an aromatic ring is 1. The molecule has 1 aromatic heterocycles. The molecule has 1 heterocycles. The molecule has 0 saturated heterocycles. The van der Waals surface area contributed by atoms with E-state index in [2.05, 4.69) is 15.5 Å². The highest BCUT2D eigenvalue weighted by Gasteiger charge is 2.30. The molecule has 2 aromatic carbocycles. The predicted molar refractivity (Wildman–Crippen MR) is 106 cm³/mol. The van der Waals surface area contributed by atoms with E-state index in [4.69, 9.17) is 10.6 Å². The van der Waals surface area contributed by atoms with E-state index in [1.165, 1.54) is 36.4 Å². The molecule has 1 atom stereocenters. The lowest BCUT2D eigenvalue weighted by molar-refractivity contribution is -0.137. The maximum atomic E-state index is 12.9. The summed E-state index contributed by atoms with van der Waals surface area (Å²) in [5, 5.41) is 9.72. The van der Waals surface area contributed by atoms with Crippen molar-refractivity contribution in [1.82, 2.24) is 14.9 Å². The number of carbonyl (C=O) groups excluding carboxylic acids is 1. The van der Waals surface area contributed by atoms with Crippen LogP contribution in [0.3, 0.4) is 0 Å². The van der Waals surface area contributed by atoms with E-state index < -0.39 is 28.7 Å². The van der Waals surface area contributed by atoms with Crippen LogP contribution in [0.4, 0.5) is 23.2 Å². The second-order valence-corrected chi connectivity index (χ2v) is 7.65. The lowest BCUT2D eigenvalue weighted by Gasteiger charge is -2.13. The summed E-state index contributed by atoms with van der Waals surface area (Å²) in [6.45, 7) is 1.51. The van der Waals surface area contributed by atoms with Gasteiger partial charge in [-0.15, -0.1) is 10.2 Å². The van der Waals surface area contributed by atoms with Gasteiger partial charge in [-0.1, -0.05) is 17.8 Å². The fourth-order valence-corrected chi connectivity index (χ4v) is 3.18. The van der Waals surface area contributed by atoms with Crippen LogP contribution in [0.15, 0.2) is 53.7 Å². The lowest BCUT2D eigenvalue weighted by Crippen LogP contribution is -2.24. The molecule has 12 heteroatoms. The second-order valence-electron chi connectivity index (χ2n) is 6.34. The van der Waals surface area contributed by atoms with Crippen molar-refractivity contribution in [2.24, 2.45) is 0 Å². The fraction of sp³-hybridized carbons (Fsp3) is 0.211. The largest absolute Gasteiger partial charge is 0.486 e. The molecule has 0 bridgehead atoms. The highest BCUT2D eigenvalue weighted by Crippen LogP contribution is 2.31. The Kier molecular flexibility index (Phi) is 6.68. The number of benzene rings is 2. The average molecular weight is 455 g/mol.